The third kappa shape index (κ3) is 3.27. The number of nitrogens with zero attached hydrogens (tertiary/aromatic N) is 3. The van der Waals surface area contributed by atoms with Gasteiger partial charge >= 0.3 is 0 Å². The molecule has 0 saturated carbocycles. The summed E-state index contributed by atoms with van der Waals surface area (Å²) < 4.78 is 11.3. The van der Waals surface area contributed by atoms with Gasteiger partial charge in [0.15, 0.2) is 6.39 Å². The summed E-state index contributed by atoms with van der Waals surface area (Å²) in [4.78, 5) is 23.2. The molecule has 1 unspecified atom stereocenters. The fraction of sp³-hybridized carbons (Fsp3) is 0.350. The lowest BCUT2D eigenvalue weighted by atomic mass is 10.0. The Morgan fingerprint density at radius 1 is 1.23 bits per heavy atom. The maximum atomic E-state index is 12.9. The Hall–Kier alpha value is -2.89. The number of hydrogen-bond donors (Lipinski definition) is 0. The molecule has 1 atom stereocenters. The van der Waals surface area contributed by atoms with Crippen LogP contribution in [-0.2, 0) is 6.42 Å². The molecule has 6 nitrogen and oxygen atoms in total. The van der Waals surface area contributed by atoms with Crippen LogP contribution in [-0.4, -0.2) is 27.3 Å². The summed E-state index contributed by atoms with van der Waals surface area (Å²) in [6.45, 7) is 2.44. The van der Waals surface area contributed by atoms with Gasteiger partial charge in [0, 0.05) is 13.0 Å². The van der Waals surface area contributed by atoms with Crippen LogP contribution in [0, 0.1) is 6.92 Å². The minimum absolute atomic E-state index is 0.146. The lowest BCUT2D eigenvalue weighted by Crippen LogP contribution is -2.38. The molecule has 1 aliphatic rings. The average molecular weight is 351 g/mol. The van der Waals surface area contributed by atoms with Crippen LogP contribution in [0.15, 0.2) is 51.8 Å². The molecule has 0 bridgehead atoms. The Balaban J connectivity index is 1.55. The minimum atomic E-state index is -0.162. The number of likely N-dealkylation sites (tertiary alicyclic amines) is 1. The van der Waals surface area contributed by atoms with E-state index in [0.717, 1.165) is 25.0 Å². The Bertz CT molecular complexity index is 885. The molecule has 3 aromatic rings. The summed E-state index contributed by atoms with van der Waals surface area (Å²) in [5.74, 6) is 1.56. The quantitative estimate of drug-likeness (QED) is 0.712. The first-order chi connectivity index (χ1) is 12.7. The number of rotatable bonds is 4. The van der Waals surface area contributed by atoms with Gasteiger partial charge in [0.25, 0.3) is 5.91 Å². The fourth-order valence-electron chi connectivity index (χ4n) is 3.42. The van der Waals surface area contributed by atoms with Gasteiger partial charge in [0.1, 0.15) is 11.8 Å². The first-order valence-corrected chi connectivity index (χ1v) is 8.92. The van der Waals surface area contributed by atoms with Crippen molar-refractivity contribution in [2.45, 2.75) is 38.6 Å². The zero-order valence-electron chi connectivity index (χ0n) is 14.7. The Labute approximate surface area is 151 Å². The summed E-state index contributed by atoms with van der Waals surface area (Å²) in [6.07, 6.45) is 6.61. The number of amides is 1. The topological polar surface area (TPSA) is 72.4 Å². The highest BCUT2D eigenvalue weighted by Crippen LogP contribution is 2.32. The van der Waals surface area contributed by atoms with Crippen LogP contribution in [0.4, 0.5) is 0 Å². The summed E-state index contributed by atoms with van der Waals surface area (Å²) >= 11 is 0. The second-order valence-corrected chi connectivity index (χ2v) is 6.60. The van der Waals surface area contributed by atoms with E-state index >= 15 is 0 Å². The molecule has 6 heteroatoms. The molecule has 0 spiro atoms. The van der Waals surface area contributed by atoms with Crippen LogP contribution < -0.4 is 0 Å². The SMILES string of the molecule is Cc1ncoc1C(=O)N1CCCCC1c1ncc(Cc2ccccc2)o1. The number of oxazole rings is 2. The van der Waals surface area contributed by atoms with Crippen molar-refractivity contribution in [1.82, 2.24) is 14.9 Å². The van der Waals surface area contributed by atoms with E-state index < -0.39 is 0 Å². The summed E-state index contributed by atoms with van der Waals surface area (Å²) in [6, 6.07) is 9.97. The molecule has 4 rings (SSSR count). The molecule has 1 amide bonds. The molecule has 3 heterocycles. The zero-order chi connectivity index (χ0) is 17.9. The van der Waals surface area contributed by atoms with Crippen molar-refractivity contribution < 1.29 is 13.6 Å². The van der Waals surface area contributed by atoms with Crippen molar-refractivity contribution in [3.8, 4) is 0 Å². The van der Waals surface area contributed by atoms with Crippen molar-refractivity contribution in [2.75, 3.05) is 6.54 Å². The van der Waals surface area contributed by atoms with E-state index in [2.05, 4.69) is 22.1 Å². The van der Waals surface area contributed by atoms with Crippen LogP contribution in [0.25, 0.3) is 0 Å². The molecule has 26 heavy (non-hydrogen) atoms. The van der Waals surface area contributed by atoms with Crippen molar-refractivity contribution in [3.63, 3.8) is 0 Å². The van der Waals surface area contributed by atoms with Crippen molar-refractivity contribution in [3.05, 3.63) is 71.6 Å². The van der Waals surface area contributed by atoms with E-state index in [1.807, 2.05) is 18.2 Å². The molecular weight excluding hydrogens is 330 g/mol. The van der Waals surface area contributed by atoms with Crippen LogP contribution in [0.3, 0.4) is 0 Å². The normalized spacial score (nSPS) is 17.4. The number of carbonyl (C=O) groups is 1. The van der Waals surface area contributed by atoms with E-state index in [-0.39, 0.29) is 11.9 Å². The minimum Gasteiger partial charge on any atom is -0.443 e. The van der Waals surface area contributed by atoms with Gasteiger partial charge in [-0.05, 0) is 31.7 Å². The van der Waals surface area contributed by atoms with Gasteiger partial charge < -0.3 is 13.7 Å². The lowest BCUT2D eigenvalue weighted by Gasteiger charge is -2.33. The number of carbonyl (C=O) groups excluding carboxylic acids is 1. The molecule has 0 aliphatic carbocycles. The molecule has 2 aromatic heterocycles. The standard InChI is InChI=1S/C20H21N3O3/c1-14-18(25-13-22-14)20(24)23-10-6-5-9-17(23)19-21-12-16(26-19)11-15-7-3-2-4-8-15/h2-4,7-8,12-13,17H,5-6,9-11H2,1H3. The van der Waals surface area contributed by atoms with Gasteiger partial charge in [-0.25, -0.2) is 9.97 Å². The molecule has 1 aliphatic heterocycles. The highest BCUT2D eigenvalue weighted by Gasteiger charge is 2.34. The second-order valence-electron chi connectivity index (χ2n) is 6.60. The monoisotopic (exact) mass is 351 g/mol. The lowest BCUT2D eigenvalue weighted by molar-refractivity contribution is 0.0537. The number of hydrogen-bond acceptors (Lipinski definition) is 5. The second kappa shape index (κ2) is 7.15. The smallest absolute Gasteiger partial charge is 0.292 e. The number of benzene rings is 1. The molecule has 134 valence electrons. The molecule has 0 radical (unpaired) electrons. The molecule has 1 saturated heterocycles. The molecule has 0 N–H and O–H groups in total. The van der Waals surface area contributed by atoms with E-state index in [4.69, 9.17) is 8.83 Å². The average Bonchev–Trinajstić information content (AvgIpc) is 3.31. The number of aryl methyl sites for hydroxylation is 1. The zero-order valence-corrected chi connectivity index (χ0v) is 14.7. The number of aromatic nitrogens is 2. The third-order valence-electron chi connectivity index (χ3n) is 4.78. The molecule has 1 aromatic carbocycles. The Morgan fingerprint density at radius 2 is 2.08 bits per heavy atom. The van der Waals surface area contributed by atoms with Gasteiger partial charge in [-0.1, -0.05) is 30.3 Å². The van der Waals surface area contributed by atoms with Crippen LogP contribution in [0.2, 0.25) is 0 Å². The van der Waals surface area contributed by atoms with E-state index in [1.165, 1.54) is 12.0 Å². The Kier molecular flexibility index (Phi) is 4.56. The maximum Gasteiger partial charge on any atom is 0.292 e. The van der Waals surface area contributed by atoms with Gasteiger partial charge in [-0.3, -0.25) is 4.79 Å². The molecule has 1 fully saturated rings. The third-order valence-corrected chi connectivity index (χ3v) is 4.78. The van der Waals surface area contributed by atoms with E-state index in [9.17, 15) is 4.79 Å². The van der Waals surface area contributed by atoms with Crippen LogP contribution >= 0.6 is 0 Å². The van der Waals surface area contributed by atoms with E-state index in [0.29, 0.717) is 30.3 Å². The molecular formula is C20H21N3O3. The van der Waals surface area contributed by atoms with Crippen LogP contribution in [0.1, 0.15) is 58.8 Å². The summed E-state index contributed by atoms with van der Waals surface area (Å²) in [7, 11) is 0. The first-order valence-electron chi connectivity index (χ1n) is 8.92. The van der Waals surface area contributed by atoms with Crippen molar-refractivity contribution in [2.24, 2.45) is 0 Å². The highest BCUT2D eigenvalue weighted by molar-refractivity contribution is 5.92. The number of piperidine rings is 1. The van der Waals surface area contributed by atoms with Crippen LogP contribution in [0.5, 0.6) is 0 Å². The van der Waals surface area contributed by atoms with E-state index in [1.54, 1.807) is 18.0 Å². The van der Waals surface area contributed by atoms with Gasteiger partial charge in [0.2, 0.25) is 11.7 Å². The van der Waals surface area contributed by atoms with Gasteiger partial charge in [-0.2, -0.15) is 0 Å². The fourth-order valence-corrected chi connectivity index (χ4v) is 3.42. The largest absolute Gasteiger partial charge is 0.443 e. The first kappa shape index (κ1) is 16.6. The Morgan fingerprint density at radius 3 is 2.85 bits per heavy atom. The van der Waals surface area contributed by atoms with Crippen molar-refractivity contribution >= 4 is 5.91 Å². The highest BCUT2D eigenvalue weighted by atomic mass is 16.4. The van der Waals surface area contributed by atoms with Crippen molar-refractivity contribution in [1.29, 1.82) is 0 Å². The predicted molar refractivity (Wildman–Crippen MR) is 94.6 cm³/mol. The van der Waals surface area contributed by atoms with Gasteiger partial charge in [-0.15, -0.1) is 0 Å². The predicted octanol–water partition coefficient (Wildman–Crippen LogP) is 3.93. The van der Waals surface area contributed by atoms with Gasteiger partial charge in [0.05, 0.1) is 11.9 Å². The summed E-state index contributed by atoms with van der Waals surface area (Å²) in [5, 5.41) is 0. The maximum absolute atomic E-state index is 12.9. The summed E-state index contributed by atoms with van der Waals surface area (Å²) in [5.41, 5.74) is 1.78.